The minimum atomic E-state index is -0.145. The molecule has 1 atom stereocenters. The first-order valence-electron chi connectivity index (χ1n) is 9.16. The van der Waals surface area contributed by atoms with Crippen molar-refractivity contribution in [1.82, 2.24) is 14.9 Å². The molecule has 0 bridgehead atoms. The van der Waals surface area contributed by atoms with E-state index in [1.54, 1.807) is 0 Å². The lowest BCUT2D eigenvalue weighted by atomic mass is 9.89. The van der Waals surface area contributed by atoms with Gasteiger partial charge in [-0.05, 0) is 31.2 Å². The molecule has 4 nitrogen and oxygen atoms in total. The van der Waals surface area contributed by atoms with Crippen LogP contribution in [0.5, 0.6) is 0 Å². The Kier molecular flexibility index (Phi) is 6.19. The zero-order valence-corrected chi connectivity index (χ0v) is 15.9. The molecule has 0 radical (unpaired) electrons. The number of thioether (sulfide) groups is 1. The molecule has 1 amide bonds. The van der Waals surface area contributed by atoms with Gasteiger partial charge in [-0.3, -0.25) is 4.79 Å². The van der Waals surface area contributed by atoms with Gasteiger partial charge in [0.05, 0.1) is 17.1 Å². The molecule has 1 aromatic carbocycles. The minimum absolute atomic E-state index is 0.111. The summed E-state index contributed by atoms with van der Waals surface area (Å²) in [4.78, 5) is 16.9. The first-order chi connectivity index (χ1) is 12.1. The highest BCUT2D eigenvalue weighted by Gasteiger charge is 2.20. The largest absolute Gasteiger partial charge is 0.355 e. The summed E-state index contributed by atoms with van der Waals surface area (Å²) in [6.07, 6.45) is 8.34. The van der Waals surface area contributed by atoms with Crippen molar-refractivity contribution in [2.24, 2.45) is 13.0 Å². The standard InChI is InChI=1S/C20H27N3OS/c1-15(19(24)21-13-16-9-5-3-6-10-16)25-20-22-14-18(23(20)2)17-11-7-4-8-12-17/h4,7-8,11-12,14-16H,3,5-6,9-10,13H2,1-2H3,(H,21,24). The Morgan fingerprint density at radius 3 is 2.72 bits per heavy atom. The Hall–Kier alpha value is -1.75. The third-order valence-corrected chi connectivity index (χ3v) is 6.11. The van der Waals surface area contributed by atoms with Gasteiger partial charge in [-0.25, -0.2) is 4.98 Å². The highest BCUT2D eigenvalue weighted by Crippen LogP contribution is 2.27. The van der Waals surface area contributed by atoms with E-state index < -0.39 is 0 Å². The summed E-state index contributed by atoms with van der Waals surface area (Å²) in [7, 11) is 2.00. The lowest BCUT2D eigenvalue weighted by molar-refractivity contribution is -0.120. The Morgan fingerprint density at radius 1 is 1.28 bits per heavy atom. The second-order valence-corrected chi connectivity index (χ2v) is 8.17. The zero-order chi connectivity index (χ0) is 17.6. The van der Waals surface area contributed by atoms with E-state index in [2.05, 4.69) is 27.0 Å². The second-order valence-electron chi connectivity index (χ2n) is 6.86. The summed E-state index contributed by atoms with van der Waals surface area (Å²) in [5.74, 6) is 0.771. The van der Waals surface area contributed by atoms with Gasteiger partial charge in [0, 0.05) is 13.6 Å². The molecule has 25 heavy (non-hydrogen) atoms. The summed E-state index contributed by atoms with van der Waals surface area (Å²) in [5, 5.41) is 3.86. The lowest BCUT2D eigenvalue weighted by Crippen LogP contribution is -2.35. The first kappa shape index (κ1) is 18.1. The summed E-state index contributed by atoms with van der Waals surface area (Å²) in [6, 6.07) is 10.2. The van der Waals surface area contributed by atoms with Crippen molar-refractivity contribution in [3.63, 3.8) is 0 Å². The molecule has 134 valence electrons. The third-order valence-electron chi connectivity index (χ3n) is 4.96. The Balaban J connectivity index is 1.56. The molecule has 1 heterocycles. The topological polar surface area (TPSA) is 46.9 Å². The Morgan fingerprint density at radius 2 is 2.00 bits per heavy atom. The number of aromatic nitrogens is 2. The van der Waals surface area contributed by atoms with E-state index in [-0.39, 0.29) is 11.2 Å². The normalized spacial score (nSPS) is 16.6. The predicted molar refractivity (Wildman–Crippen MR) is 104 cm³/mol. The van der Waals surface area contributed by atoms with Crippen LogP contribution in [0.3, 0.4) is 0 Å². The number of amides is 1. The second kappa shape index (κ2) is 8.56. The van der Waals surface area contributed by atoms with Crippen LogP contribution in [0, 0.1) is 5.92 Å². The van der Waals surface area contributed by atoms with Crippen LogP contribution in [0.1, 0.15) is 39.0 Å². The van der Waals surface area contributed by atoms with Crippen LogP contribution >= 0.6 is 11.8 Å². The molecule has 1 N–H and O–H groups in total. The van der Waals surface area contributed by atoms with Gasteiger partial charge in [0.25, 0.3) is 0 Å². The molecule has 0 aliphatic heterocycles. The highest BCUT2D eigenvalue weighted by molar-refractivity contribution is 8.00. The molecule has 0 saturated heterocycles. The molecule has 1 aromatic heterocycles. The number of carbonyl (C=O) groups is 1. The van der Waals surface area contributed by atoms with Crippen LogP contribution < -0.4 is 5.32 Å². The molecule has 2 aromatic rings. The van der Waals surface area contributed by atoms with E-state index in [0.717, 1.165) is 23.0 Å². The van der Waals surface area contributed by atoms with Gasteiger partial charge in [-0.15, -0.1) is 0 Å². The maximum Gasteiger partial charge on any atom is 0.233 e. The maximum atomic E-state index is 12.4. The zero-order valence-electron chi connectivity index (χ0n) is 15.1. The van der Waals surface area contributed by atoms with Crippen LogP contribution in [0.25, 0.3) is 11.3 Å². The molecule has 1 saturated carbocycles. The van der Waals surface area contributed by atoms with Crippen LogP contribution in [0.4, 0.5) is 0 Å². The van der Waals surface area contributed by atoms with Crippen LogP contribution in [-0.2, 0) is 11.8 Å². The smallest absolute Gasteiger partial charge is 0.233 e. The van der Waals surface area contributed by atoms with Gasteiger partial charge in [-0.2, -0.15) is 0 Å². The van der Waals surface area contributed by atoms with Crippen LogP contribution in [-0.4, -0.2) is 27.3 Å². The number of benzene rings is 1. The van der Waals surface area contributed by atoms with Crippen molar-refractivity contribution < 1.29 is 4.79 Å². The van der Waals surface area contributed by atoms with Gasteiger partial charge in [0.15, 0.2) is 5.16 Å². The van der Waals surface area contributed by atoms with E-state index in [1.807, 2.05) is 38.4 Å². The molecule has 1 aliphatic rings. The molecule has 1 unspecified atom stereocenters. The number of hydrogen-bond donors (Lipinski definition) is 1. The molecular weight excluding hydrogens is 330 g/mol. The molecule has 0 spiro atoms. The fourth-order valence-electron chi connectivity index (χ4n) is 3.37. The summed E-state index contributed by atoms with van der Waals surface area (Å²) in [5.41, 5.74) is 2.21. The van der Waals surface area contributed by atoms with Crippen molar-refractivity contribution in [3.05, 3.63) is 36.5 Å². The number of nitrogens with one attached hydrogen (secondary N) is 1. The average Bonchev–Trinajstić information content (AvgIpc) is 3.01. The van der Waals surface area contributed by atoms with E-state index in [9.17, 15) is 4.79 Å². The first-order valence-corrected chi connectivity index (χ1v) is 10.0. The predicted octanol–water partition coefficient (Wildman–Crippen LogP) is 4.26. The van der Waals surface area contributed by atoms with Crippen molar-refractivity contribution in [2.45, 2.75) is 49.4 Å². The van der Waals surface area contributed by atoms with Crippen molar-refractivity contribution in [1.29, 1.82) is 0 Å². The quantitative estimate of drug-likeness (QED) is 0.786. The molecule has 3 rings (SSSR count). The van der Waals surface area contributed by atoms with E-state index >= 15 is 0 Å². The van der Waals surface area contributed by atoms with E-state index in [1.165, 1.54) is 43.9 Å². The molecule has 1 aliphatic carbocycles. The van der Waals surface area contributed by atoms with Crippen molar-refractivity contribution in [2.75, 3.05) is 6.54 Å². The minimum Gasteiger partial charge on any atom is -0.355 e. The highest BCUT2D eigenvalue weighted by atomic mass is 32.2. The van der Waals surface area contributed by atoms with Gasteiger partial charge in [0.2, 0.25) is 5.91 Å². The Labute approximate surface area is 154 Å². The van der Waals surface area contributed by atoms with Crippen molar-refractivity contribution >= 4 is 17.7 Å². The number of hydrogen-bond acceptors (Lipinski definition) is 3. The third kappa shape index (κ3) is 4.66. The number of nitrogens with zero attached hydrogens (tertiary/aromatic N) is 2. The summed E-state index contributed by atoms with van der Waals surface area (Å²) in [6.45, 7) is 2.78. The van der Waals surface area contributed by atoms with Crippen LogP contribution in [0.2, 0.25) is 0 Å². The fourth-order valence-corrected chi connectivity index (χ4v) is 4.25. The lowest BCUT2D eigenvalue weighted by Gasteiger charge is -2.22. The summed E-state index contributed by atoms with van der Waals surface area (Å²) >= 11 is 1.52. The van der Waals surface area contributed by atoms with Gasteiger partial charge in [-0.1, -0.05) is 61.4 Å². The van der Waals surface area contributed by atoms with Crippen LogP contribution in [0.15, 0.2) is 41.7 Å². The SMILES string of the molecule is CC(Sc1ncc(-c2ccccc2)n1C)C(=O)NCC1CCCCC1. The summed E-state index contributed by atoms with van der Waals surface area (Å²) < 4.78 is 2.06. The molecule has 5 heteroatoms. The van der Waals surface area contributed by atoms with E-state index in [4.69, 9.17) is 0 Å². The van der Waals surface area contributed by atoms with Gasteiger partial charge < -0.3 is 9.88 Å². The molecule has 1 fully saturated rings. The number of imidazole rings is 1. The maximum absolute atomic E-state index is 12.4. The fraction of sp³-hybridized carbons (Fsp3) is 0.500. The van der Waals surface area contributed by atoms with Gasteiger partial charge >= 0.3 is 0 Å². The number of rotatable bonds is 6. The van der Waals surface area contributed by atoms with Crippen molar-refractivity contribution in [3.8, 4) is 11.3 Å². The number of carbonyl (C=O) groups excluding carboxylic acids is 1. The van der Waals surface area contributed by atoms with E-state index in [0.29, 0.717) is 5.92 Å². The monoisotopic (exact) mass is 357 g/mol. The van der Waals surface area contributed by atoms with Gasteiger partial charge in [0.1, 0.15) is 0 Å². The molecular formula is C20H27N3OS. The Bertz CT molecular complexity index is 692. The average molecular weight is 358 g/mol.